The number of aliphatic carboxylic acids is 1. The molecule has 0 saturated heterocycles. The lowest BCUT2D eigenvalue weighted by Gasteiger charge is -2.12. The molecule has 1 aromatic heterocycles. The fourth-order valence-electron chi connectivity index (χ4n) is 2.85. The highest BCUT2D eigenvalue weighted by atomic mass is 19.1. The van der Waals surface area contributed by atoms with Crippen LogP contribution in [0.1, 0.15) is 16.7 Å². The first-order chi connectivity index (χ1) is 14.4. The highest BCUT2D eigenvalue weighted by Crippen LogP contribution is 2.13. The Morgan fingerprint density at radius 3 is 2.37 bits per heavy atom. The van der Waals surface area contributed by atoms with Crippen LogP contribution in [-0.4, -0.2) is 21.7 Å². The quantitative estimate of drug-likeness (QED) is 0.622. The number of nitrogens with zero attached hydrogens (tertiary/aromatic N) is 1. The van der Waals surface area contributed by atoms with E-state index in [4.69, 9.17) is 9.84 Å². The number of hydrogen-bond donors (Lipinski definition) is 2. The number of nitrogens with one attached hydrogen (secondary N) is 1. The Bertz CT molecular complexity index is 1090. The molecule has 30 heavy (non-hydrogen) atoms. The summed E-state index contributed by atoms with van der Waals surface area (Å²) >= 11 is 0. The molecule has 0 unspecified atom stereocenters. The molecule has 0 radical (unpaired) electrons. The van der Waals surface area contributed by atoms with Gasteiger partial charge in [0.05, 0.1) is 0 Å². The van der Waals surface area contributed by atoms with E-state index in [0.29, 0.717) is 12.0 Å². The zero-order valence-corrected chi connectivity index (χ0v) is 15.9. The molecule has 1 heterocycles. The molecule has 0 spiro atoms. The molecule has 3 rings (SSSR count). The van der Waals surface area contributed by atoms with Crippen molar-refractivity contribution in [2.45, 2.75) is 19.6 Å². The molecule has 2 aromatic carbocycles. The molecule has 1 amide bonds. The zero-order valence-electron chi connectivity index (χ0n) is 15.9. The van der Waals surface area contributed by atoms with Crippen LogP contribution in [0.4, 0.5) is 14.9 Å². The molecule has 3 aromatic rings. The van der Waals surface area contributed by atoms with Gasteiger partial charge in [0.1, 0.15) is 24.7 Å². The summed E-state index contributed by atoms with van der Waals surface area (Å²) in [6, 6.07) is 16.3. The SMILES string of the molecule is O=C(O)Cn1cc(Cc2ccc(F)cc2)cc(NC(=O)OCc2ccccc2)c1=O. The van der Waals surface area contributed by atoms with E-state index >= 15 is 0 Å². The van der Waals surface area contributed by atoms with Gasteiger partial charge in [-0.2, -0.15) is 0 Å². The largest absolute Gasteiger partial charge is 0.480 e. The molecule has 0 aliphatic rings. The molecule has 7 nitrogen and oxygen atoms in total. The Balaban J connectivity index is 1.80. The third-order valence-corrected chi connectivity index (χ3v) is 4.22. The van der Waals surface area contributed by atoms with Crippen LogP contribution in [0.2, 0.25) is 0 Å². The minimum Gasteiger partial charge on any atom is -0.480 e. The Hall–Kier alpha value is -3.94. The van der Waals surface area contributed by atoms with E-state index in [-0.39, 0.29) is 18.1 Å². The molecule has 8 heteroatoms. The minimum absolute atomic E-state index is 0.0191. The molecule has 0 aliphatic carbocycles. The standard InChI is InChI=1S/C22H19FN2O5/c23-18-8-6-15(7-9-18)10-17-11-19(21(28)25(12-17)13-20(26)27)24-22(29)30-14-16-4-2-1-3-5-16/h1-9,11-12H,10,13-14H2,(H,24,29)(H,26,27). The molecule has 154 valence electrons. The van der Waals surface area contributed by atoms with Gasteiger partial charge in [-0.1, -0.05) is 42.5 Å². The molecule has 0 aliphatic heterocycles. The van der Waals surface area contributed by atoms with Crippen molar-refractivity contribution in [3.05, 3.63) is 99.7 Å². The van der Waals surface area contributed by atoms with E-state index in [1.807, 2.05) is 6.07 Å². The summed E-state index contributed by atoms with van der Waals surface area (Å²) < 4.78 is 19.2. The number of rotatable bonds is 7. The van der Waals surface area contributed by atoms with Crippen LogP contribution in [0.3, 0.4) is 0 Å². The summed E-state index contributed by atoms with van der Waals surface area (Å²) in [6.45, 7) is -0.547. The van der Waals surface area contributed by atoms with Crippen LogP contribution in [0.15, 0.2) is 71.7 Å². The third-order valence-electron chi connectivity index (χ3n) is 4.22. The Morgan fingerprint density at radius 1 is 1.00 bits per heavy atom. The second kappa shape index (κ2) is 9.51. The van der Waals surface area contributed by atoms with Gasteiger partial charge in [-0.25, -0.2) is 9.18 Å². The summed E-state index contributed by atoms with van der Waals surface area (Å²) in [4.78, 5) is 35.8. The number of aromatic nitrogens is 1. The lowest BCUT2D eigenvalue weighted by atomic mass is 10.1. The zero-order chi connectivity index (χ0) is 21.5. The van der Waals surface area contributed by atoms with Crippen LogP contribution in [0, 0.1) is 5.82 Å². The first-order valence-electron chi connectivity index (χ1n) is 9.08. The highest BCUT2D eigenvalue weighted by Gasteiger charge is 2.13. The van der Waals surface area contributed by atoms with Crippen LogP contribution in [0.25, 0.3) is 0 Å². The van der Waals surface area contributed by atoms with Gasteiger partial charge < -0.3 is 14.4 Å². The van der Waals surface area contributed by atoms with E-state index in [0.717, 1.165) is 15.7 Å². The van der Waals surface area contributed by atoms with Gasteiger partial charge in [0.25, 0.3) is 5.56 Å². The first kappa shape index (κ1) is 20.8. The lowest BCUT2D eigenvalue weighted by Crippen LogP contribution is -2.28. The maximum atomic E-state index is 13.1. The second-order valence-electron chi connectivity index (χ2n) is 6.58. The number of carboxylic acid groups (broad SMARTS) is 1. The first-order valence-corrected chi connectivity index (χ1v) is 9.08. The third kappa shape index (κ3) is 5.78. The predicted octanol–water partition coefficient (Wildman–Crippen LogP) is 3.41. The summed E-state index contributed by atoms with van der Waals surface area (Å²) in [5.74, 6) is -1.58. The summed E-state index contributed by atoms with van der Waals surface area (Å²) in [7, 11) is 0. The molecule has 0 atom stereocenters. The van der Waals surface area contributed by atoms with Gasteiger partial charge in [-0.15, -0.1) is 0 Å². The second-order valence-corrected chi connectivity index (χ2v) is 6.58. The van der Waals surface area contributed by atoms with Crippen molar-refractivity contribution in [1.29, 1.82) is 0 Å². The molecule has 0 bridgehead atoms. The number of amides is 1. The maximum Gasteiger partial charge on any atom is 0.412 e. The topological polar surface area (TPSA) is 97.6 Å². The van der Waals surface area contributed by atoms with Gasteiger partial charge in [0.15, 0.2) is 0 Å². The van der Waals surface area contributed by atoms with Crippen LogP contribution < -0.4 is 10.9 Å². The number of carboxylic acids is 1. The van der Waals surface area contributed by atoms with Crippen molar-refractivity contribution >= 4 is 17.7 Å². The normalized spacial score (nSPS) is 10.4. The number of ether oxygens (including phenoxy) is 1. The van der Waals surface area contributed by atoms with Gasteiger partial charge >= 0.3 is 12.1 Å². The smallest absolute Gasteiger partial charge is 0.412 e. The number of benzene rings is 2. The van der Waals surface area contributed by atoms with E-state index in [2.05, 4.69) is 5.32 Å². The maximum absolute atomic E-state index is 13.1. The molecular weight excluding hydrogens is 391 g/mol. The van der Waals surface area contributed by atoms with Crippen LogP contribution in [-0.2, 0) is 29.1 Å². The Labute approximate surface area is 171 Å². The number of halogens is 1. The molecular formula is C22H19FN2O5. The number of hydrogen-bond acceptors (Lipinski definition) is 4. The summed E-state index contributed by atoms with van der Waals surface area (Å²) in [6.07, 6.45) is 0.880. The van der Waals surface area contributed by atoms with E-state index < -0.39 is 24.2 Å². The van der Waals surface area contributed by atoms with Gasteiger partial charge in [-0.05, 0) is 41.3 Å². The van der Waals surface area contributed by atoms with E-state index in [1.54, 1.807) is 36.4 Å². The number of pyridine rings is 1. The predicted molar refractivity (Wildman–Crippen MR) is 108 cm³/mol. The van der Waals surface area contributed by atoms with Gasteiger partial charge in [-0.3, -0.25) is 14.9 Å². The van der Waals surface area contributed by atoms with Crippen LogP contribution in [0.5, 0.6) is 0 Å². The fraction of sp³-hybridized carbons (Fsp3) is 0.136. The van der Waals surface area contributed by atoms with Gasteiger partial charge in [0, 0.05) is 6.20 Å². The van der Waals surface area contributed by atoms with Gasteiger partial charge in [0.2, 0.25) is 0 Å². The molecule has 2 N–H and O–H groups in total. The molecule has 0 saturated carbocycles. The molecule has 0 fully saturated rings. The Morgan fingerprint density at radius 2 is 1.70 bits per heavy atom. The number of carbonyl (C=O) groups is 2. The van der Waals surface area contributed by atoms with E-state index in [1.165, 1.54) is 24.4 Å². The monoisotopic (exact) mass is 410 g/mol. The average Bonchev–Trinajstić information content (AvgIpc) is 2.72. The minimum atomic E-state index is -1.20. The summed E-state index contributed by atoms with van der Waals surface area (Å²) in [5, 5.41) is 11.5. The fourth-order valence-corrected chi connectivity index (χ4v) is 2.85. The van der Waals surface area contributed by atoms with Crippen molar-refractivity contribution in [3.8, 4) is 0 Å². The van der Waals surface area contributed by atoms with Crippen molar-refractivity contribution in [2.75, 3.05) is 5.32 Å². The van der Waals surface area contributed by atoms with Crippen molar-refractivity contribution in [1.82, 2.24) is 4.57 Å². The lowest BCUT2D eigenvalue weighted by molar-refractivity contribution is -0.137. The Kier molecular flexibility index (Phi) is 6.59. The summed E-state index contributed by atoms with van der Waals surface area (Å²) in [5.41, 5.74) is 1.34. The van der Waals surface area contributed by atoms with Crippen molar-refractivity contribution in [3.63, 3.8) is 0 Å². The number of anilines is 1. The van der Waals surface area contributed by atoms with Crippen LogP contribution >= 0.6 is 0 Å². The average molecular weight is 410 g/mol. The highest BCUT2D eigenvalue weighted by molar-refractivity contribution is 5.84. The van der Waals surface area contributed by atoms with E-state index in [9.17, 15) is 18.8 Å². The number of carbonyl (C=O) groups excluding carboxylic acids is 1. The van der Waals surface area contributed by atoms with Crippen molar-refractivity contribution in [2.24, 2.45) is 0 Å². The van der Waals surface area contributed by atoms with Crippen molar-refractivity contribution < 1.29 is 23.8 Å².